The molecule has 6 heteroatoms. The maximum absolute atomic E-state index is 12.6. The monoisotopic (exact) mass is 344 g/mol. The fraction of sp³-hybridized carbons (Fsp3) is 0.625. The fourth-order valence-electron chi connectivity index (χ4n) is 2.70. The summed E-state index contributed by atoms with van der Waals surface area (Å²) in [5, 5.41) is 3.59. The standard InChI is InChI=1S/C16H25ClN2O2S/c1-12(2)13-5-6-14(17)15(9-13)22(20,21)19-11-16(3)7-4-8-18-10-16/h5-6,9,12,18-19H,4,7-8,10-11H2,1-3H3. The summed E-state index contributed by atoms with van der Waals surface area (Å²) in [4.78, 5) is 0.174. The molecule has 1 aromatic carbocycles. The number of hydrogen-bond acceptors (Lipinski definition) is 3. The quantitative estimate of drug-likeness (QED) is 0.862. The van der Waals surface area contributed by atoms with Gasteiger partial charge >= 0.3 is 0 Å². The van der Waals surface area contributed by atoms with Gasteiger partial charge in [-0.2, -0.15) is 0 Å². The number of halogens is 1. The third kappa shape index (κ3) is 4.22. The zero-order chi connectivity index (χ0) is 16.4. The molecule has 0 radical (unpaired) electrons. The molecule has 0 amide bonds. The van der Waals surface area contributed by atoms with Gasteiger partial charge in [0.05, 0.1) is 5.02 Å². The number of piperidine rings is 1. The van der Waals surface area contributed by atoms with Gasteiger partial charge in [0.15, 0.2) is 0 Å². The second kappa shape index (κ2) is 6.87. The molecule has 2 N–H and O–H groups in total. The summed E-state index contributed by atoms with van der Waals surface area (Å²) >= 11 is 6.11. The highest BCUT2D eigenvalue weighted by molar-refractivity contribution is 7.89. The third-order valence-electron chi connectivity index (χ3n) is 4.29. The van der Waals surface area contributed by atoms with E-state index in [1.165, 1.54) is 0 Å². The summed E-state index contributed by atoms with van der Waals surface area (Å²) in [6.07, 6.45) is 2.09. The molecule has 1 saturated heterocycles. The van der Waals surface area contributed by atoms with Crippen LogP contribution >= 0.6 is 11.6 Å². The number of nitrogens with one attached hydrogen (secondary N) is 2. The van der Waals surface area contributed by atoms with Crippen LogP contribution in [0.1, 0.15) is 45.1 Å². The van der Waals surface area contributed by atoms with E-state index in [4.69, 9.17) is 11.6 Å². The van der Waals surface area contributed by atoms with E-state index in [0.29, 0.717) is 6.54 Å². The normalized spacial score (nSPS) is 23.0. The minimum atomic E-state index is -3.59. The van der Waals surface area contributed by atoms with Crippen molar-refractivity contribution in [1.29, 1.82) is 0 Å². The van der Waals surface area contributed by atoms with Crippen molar-refractivity contribution in [2.75, 3.05) is 19.6 Å². The molecular formula is C16H25ClN2O2S. The van der Waals surface area contributed by atoms with E-state index in [1.54, 1.807) is 12.1 Å². The van der Waals surface area contributed by atoms with Gasteiger partial charge in [0.2, 0.25) is 10.0 Å². The van der Waals surface area contributed by atoms with Crippen LogP contribution in [-0.2, 0) is 10.0 Å². The SMILES string of the molecule is CC(C)c1ccc(Cl)c(S(=O)(=O)NCC2(C)CCCNC2)c1. The molecule has 1 aliphatic heterocycles. The Morgan fingerprint density at radius 3 is 2.73 bits per heavy atom. The molecule has 1 unspecified atom stereocenters. The lowest BCUT2D eigenvalue weighted by molar-refractivity contribution is 0.238. The maximum atomic E-state index is 12.6. The third-order valence-corrected chi connectivity index (χ3v) is 6.17. The van der Waals surface area contributed by atoms with Gasteiger partial charge in [-0.05, 0) is 48.4 Å². The largest absolute Gasteiger partial charge is 0.316 e. The zero-order valence-electron chi connectivity index (χ0n) is 13.4. The van der Waals surface area contributed by atoms with Crippen LogP contribution in [-0.4, -0.2) is 28.1 Å². The van der Waals surface area contributed by atoms with Gasteiger partial charge in [-0.25, -0.2) is 13.1 Å². The number of sulfonamides is 1. The van der Waals surface area contributed by atoms with Crippen molar-refractivity contribution < 1.29 is 8.42 Å². The minimum absolute atomic E-state index is 0.0482. The molecule has 1 fully saturated rings. The second-order valence-electron chi connectivity index (χ2n) is 6.76. The Labute approximate surface area is 138 Å². The summed E-state index contributed by atoms with van der Waals surface area (Å²) in [6.45, 7) is 8.42. The molecule has 1 aliphatic rings. The van der Waals surface area contributed by atoms with Gasteiger partial charge in [-0.15, -0.1) is 0 Å². The minimum Gasteiger partial charge on any atom is -0.316 e. The first-order valence-electron chi connectivity index (χ1n) is 7.73. The molecule has 2 rings (SSSR count). The van der Waals surface area contributed by atoms with E-state index in [9.17, 15) is 8.42 Å². The highest BCUT2D eigenvalue weighted by Crippen LogP contribution is 2.28. The van der Waals surface area contributed by atoms with Crippen molar-refractivity contribution in [2.24, 2.45) is 5.41 Å². The van der Waals surface area contributed by atoms with Gasteiger partial charge in [-0.1, -0.05) is 38.4 Å². The molecule has 1 heterocycles. The highest BCUT2D eigenvalue weighted by atomic mass is 35.5. The van der Waals surface area contributed by atoms with Gasteiger partial charge < -0.3 is 5.32 Å². The van der Waals surface area contributed by atoms with Crippen LogP contribution in [0.15, 0.2) is 23.1 Å². The lowest BCUT2D eigenvalue weighted by Crippen LogP contribution is -2.45. The summed E-state index contributed by atoms with van der Waals surface area (Å²) in [6, 6.07) is 5.21. The molecule has 0 aliphatic carbocycles. The Morgan fingerprint density at radius 1 is 1.41 bits per heavy atom. The lowest BCUT2D eigenvalue weighted by atomic mass is 9.83. The first-order valence-corrected chi connectivity index (χ1v) is 9.59. The smallest absolute Gasteiger partial charge is 0.242 e. The van der Waals surface area contributed by atoms with Crippen LogP contribution in [0, 0.1) is 5.41 Å². The Balaban J connectivity index is 2.18. The van der Waals surface area contributed by atoms with Crippen LogP contribution in [0.3, 0.4) is 0 Å². The highest BCUT2D eigenvalue weighted by Gasteiger charge is 2.29. The molecule has 0 bridgehead atoms. The Kier molecular flexibility index (Phi) is 5.54. The summed E-state index contributed by atoms with van der Waals surface area (Å²) in [7, 11) is -3.59. The lowest BCUT2D eigenvalue weighted by Gasteiger charge is -2.34. The van der Waals surface area contributed by atoms with Gasteiger partial charge in [0.1, 0.15) is 4.90 Å². The van der Waals surface area contributed by atoms with Crippen LogP contribution in [0.5, 0.6) is 0 Å². The first kappa shape index (κ1) is 17.7. The van der Waals surface area contributed by atoms with Crippen LogP contribution in [0.4, 0.5) is 0 Å². The summed E-state index contributed by atoms with van der Waals surface area (Å²) in [5.41, 5.74) is 0.920. The predicted octanol–water partition coefficient (Wildman–Crippen LogP) is 3.13. The van der Waals surface area contributed by atoms with Crippen molar-refractivity contribution in [3.63, 3.8) is 0 Å². The maximum Gasteiger partial charge on any atom is 0.242 e. The van der Waals surface area contributed by atoms with Crippen molar-refractivity contribution in [2.45, 2.75) is 44.4 Å². The molecule has 0 aromatic heterocycles. The second-order valence-corrected chi connectivity index (χ2v) is 8.90. The van der Waals surface area contributed by atoms with Gasteiger partial charge in [-0.3, -0.25) is 0 Å². The van der Waals surface area contributed by atoms with E-state index < -0.39 is 10.0 Å². The molecular weight excluding hydrogens is 320 g/mol. The summed E-state index contributed by atoms with van der Waals surface area (Å²) in [5.74, 6) is 0.256. The van der Waals surface area contributed by atoms with E-state index in [2.05, 4.69) is 17.0 Å². The Hall–Kier alpha value is -0.620. The molecule has 22 heavy (non-hydrogen) atoms. The Morgan fingerprint density at radius 2 is 2.14 bits per heavy atom. The molecule has 4 nitrogen and oxygen atoms in total. The van der Waals surface area contributed by atoms with Crippen molar-refractivity contribution in [3.05, 3.63) is 28.8 Å². The topological polar surface area (TPSA) is 58.2 Å². The number of benzene rings is 1. The average molecular weight is 345 g/mol. The van der Waals surface area contributed by atoms with Crippen molar-refractivity contribution >= 4 is 21.6 Å². The van der Waals surface area contributed by atoms with E-state index in [0.717, 1.165) is 31.5 Å². The van der Waals surface area contributed by atoms with E-state index >= 15 is 0 Å². The fourth-order valence-corrected chi connectivity index (χ4v) is 4.43. The molecule has 1 aromatic rings. The van der Waals surface area contributed by atoms with Gasteiger partial charge in [0, 0.05) is 13.1 Å². The van der Waals surface area contributed by atoms with Crippen molar-refractivity contribution in [3.8, 4) is 0 Å². The average Bonchev–Trinajstić information content (AvgIpc) is 2.46. The zero-order valence-corrected chi connectivity index (χ0v) is 15.0. The van der Waals surface area contributed by atoms with Gasteiger partial charge in [0.25, 0.3) is 0 Å². The predicted molar refractivity (Wildman–Crippen MR) is 90.9 cm³/mol. The number of hydrogen-bond donors (Lipinski definition) is 2. The van der Waals surface area contributed by atoms with Crippen LogP contribution in [0.2, 0.25) is 5.02 Å². The summed E-state index contributed by atoms with van der Waals surface area (Å²) < 4.78 is 27.9. The molecule has 124 valence electrons. The van der Waals surface area contributed by atoms with E-state index in [-0.39, 0.29) is 21.3 Å². The van der Waals surface area contributed by atoms with Crippen molar-refractivity contribution in [1.82, 2.24) is 10.0 Å². The molecule has 0 saturated carbocycles. The van der Waals surface area contributed by atoms with Crippen LogP contribution < -0.4 is 10.0 Å². The Bertz CT molecular complexity index is 623. The van der Waals surface area contributed by atoms with Crippen LogP contribution in [0.25, 0.3) is 0 Å². The number of rotatable bonds is 5. The molecule has 1 atom stereocenters. The molecule has 0 spiro atoms. The van der Waals surface area contributed by atoms with E-state index in [1.807, 2.05) is 19.9 Å². The first-order chi connectivity index (χ1) is 10.2.